The lowest BCUT2D eigenvalue weighted by molar-refractivity contribution is -0.255. The average Bonchev–Trinajstić information content (AvgIpc) is 2.78. The molecule has 0 unspecified atom stereocenters. The van der Waals surface area contributed by atoms with E-state index in [2.05, 4.69) is 4.98 Å². The molecule has 4 heteroatoms. The number of carbonyl (C=O) groups excluding carboxylic acids is 1. The van der Waals surface area contributed by atoms with Gasteiger partial charge >= 0.3 is 0 Å². The zero-order chi connectivity index (χ0) is 11.5. The lowest BCUT2D eigenvalue weighted by Gasteiger charge is -2.17. The van der Waals surface area contributed by atoms with Gasteiger partial charge in [0, 0.05) is 0 Å². The normalized spacial score (nSPS) is 12.3. The van der Waals surface area contributed by atoms with E-state index in [0.29, 0.717) is 0 Å². The van der Waals surface area contributed by atoms with Crippen molar-refractivity contribution in [3.05, 3.63) is 54.1 Å². The summed E-state index contributed by atoms with van der Waals surface area (Å²) in [5.74, 6) is -1.21. The van der Waals surface area contributed by atoms with Crippen LogP contribution in [0.4, 0.5) is 0 Å². The van der Waals surface area contributed by atoms with Gasteiger partial charge in [0.2, 0.25) is 0 Å². The Hall–Kier alpha value is -2.10. The summed E-state index contributed by atoms with van der Waals surface area (Å²) in [5, 5.41) is 10.8. The molecule has 0 aliphatic rings. The van der Waals surface area contributed by atoms with Crippen molar-refractivity contribution in [3.63, 3.8) is 0 Å². The fraction of sp³-hybridized carbons (Fsp3) is 0.167. The van der Waals surface area contributed by atoms with Gasteiger partial charge in [0.15, 0.2) is 0 Å². The standard InChI is InChI=1S/C12H12N2O2/c1-9(10-5-3-2-4-6-10)14-8-13-7-11(14)12(15)16/h2-9H,1H3,(H,15,16)/p-1/t9-/m1/s1. The van der Waals surface area contributed by atoms with E-state index in [9.17, 15) is 9.90 Å². The van der Waals surface area contributed by atoms with Crippen LogP contribution < -0.4 is 5.11 Å². The van der Waals surface area contributed by atoms with Crippen LogP contribution in [0.2, 0.25) is 0 Å². The Morgan fingerprint density at radius 3 is 2.69 bits per heavy atom. The minimum absolute atomic E-state index is 0.0726. The average molecular weight is 215 g/mol. The number of carboxylic acids is 1. The molecule has 1 aromatic heterocycles. The van der Waals surface area contributed by atoms with Crippen molar-refractivity contribution in [2.75, 3.05) is 0 Å². The first-order chi connectivity index (χ1) is 7.70. The van der Waals surface area contributed by atoms with Gasteiger partial charge in [-0.25, -0.2) is 4.98 Å². The maximum atomic E-state index is 10.8. The van der Waals surface area contributed by atoms with Crippen molar-refractivity contribution in [2.24, 2.45) is 0 Å². The molecule has 16 heavy (non-hydrogen) atoms. The maximum absolute atomic E-state index is 10.8. The molecule has 0 spiro atoms. The van der Waals surface area contributed by atoms with E-state index < -0.39 is 5.97 Å². The van der Waals surface area contributed by atoms with Crippen LogP contribution in [0.25, 0.3) is 0 Å². The van der Waals surface area contributed by atoms with Crippen LogP contribution in [0.3, 0.4) is 0 Å². The molecule has 1 atom stereocenters. The number of imidazole rings is 1. The molecule has 0 saturated heterocycles. The van der Waals surface area contributed by atoms with Crippen molar-refractivity contribution in [1.82, 2.24) is 9.55 Å². The molecule has 1 aromatic carbocycles. The van der Waals surface area contributed by atoms with Crippen LogP contribution in [0, 0.1) is 0 Å². The fourth-order valence-electron chi connectivity index (χ4n) is 1.66. The minimum Gasteiger partial charge on any atom is -0.543 e. The van der Waals surface area contributed by atoms with Crippen LogP contribution in [-0.2, 0) is 0 Å². The van der Waals surface area contributed by atoms with Crippen LogP contribution in [0.1, 0.15) is 29.0 Å². The van der Waals surface area contributed by atoms with Crippen LogP contribution in [0.15, 0.2) is 42.9 Å². The van der Waals surface area contributed by atoms with Crippen molar-refractivity contribution < 1.29 is 9.90 Å². The van der Waals surface area contributed by atoms with E-state index in [0.717, 1.165) is 5.56 Å². The number of aromatic nitrogens is 2. The summed E-state index contributed by atoms with van der Waals surface area (Å²) in [6.07, 6.45) is 2.80. The Balaban J connectivity index is 2.38. The van der Waals surface area contributed by atoms with Gasteiger partial charge in [-0.3, -0.25) is 0 Å². The summed E-state index contributed by atoms with van der Waals surface area (Å²) < 4.78 is 1.59. The Kier molecular flexibility index (Phi) is 2.72. The number of carboxylic acid groups (broad SMARTS) is 1. The van der Waals surface area contributed by atoms with E-state index in [-0.39, 0.29) is 11.7 Å². The van der Waals surface area contributed by atoms with E-state index in [1.807, 2.05) is 37.3 Å². The van der Waals surface area contributed by atoms with Crippen LogP contribution >= 0.6 is 0 Å². The van der Waals surface area contributed by atoms with Gasteiger partial charge in [-0.15, -0.1) is 0 Å². The zero-order valence-corrected chi connectivity index (χ0v) is 8.83. The van der Waals surface area contributed by atoms with Crippen LogP contribution in [0.5, 0.6) is 0 Å². The maximum Gasteiger partial charge on any atom is 0.0956 e. The number of hydrogen-bond acceptors (Lipinski definition) is 3. The predicted molar refractivity (Wildman–Crippen MR) is 56.8 cm³/mol. The molecule has 2 aromatic rings. The monoisotopic (exact) mass is 215 g/mol. The van der Waals surface area contributed by atoms with Gasteiger partial charge in [-0.05, 0) is 12.5 Å². The summed E-state index contributed by atoms with van der Waals surface area (Å²) in [5.41, 5.74) is 1.12. The first-order valence-corrected chi connectivity index (χ1v) is 4.98. The molecule has 0 aliphatic heterocycles. The molecule has 0 fully saturated rings. The molecular weight excluding hydrogens is 204 g/mol. The van der Waals surface area contributed by atoms with Gasteiger partial charge in [0.05, 0.1) is 30.2 Å². The van der Waals surface area contributed by atoms with E-state index in [4.69, 9.17) is 0 Å². The number of aromatic carboxylic acids is 1. The summed E-state index contributed by atoms with van der Waals surface area (Å²) in [6.45, 7) is 1.92. The van der Waals surface area contributed by atoms with Crippen LogP contribution in [-0.4, -0.2) is 15.5 Å². The molecule has 4 nitrogen and oxygen atoms in total. The summed E-state index contributed by atoms with van der Waals surface area (Å²) in [7, 11) is 0. The predicted octanol–water partition coefficient (Wildman–Crippen LogP) is 0.856. The molecule has 0 aliphatic carbocycles. The lowest BCUT2D eigenvalue weighted by Crippen LogP contribution is -2.26. The molecule has 0 saturated carbocycles. The van der Waals surface area contributed by atoms with Gasteiger partial charge in [0.1, 0.15) is 0 Å². The van der Waals surface area contributed by atoms with E-state index >= 15 is 0 Å². The first kappa shape index (κ1) is 10.4. The van der Waals surface area contributed by atoms with E-state index in [1.54, 1.807) is 4.57 Å². The van der Waals surface area contributed by atoms with Crippen molar-refractivity contribution in [2.45, 2.75) is 13.0 Å². The molecule has 0 N–H and O–H groups in total. The van der Waals surface area contributed by atoms with Gasteiger partial charge in [0.25, 0.3) is 0 Å². The zero-order valence-electron chi connectivity index (χ0n) is 8.83. The number of rotatable bonds is 3. The number of nitrogens with zero attached hydrogens (tertiary/aromatic N) is 2. The van der Waals surface area contributed by atoms with Gasteiger partial charge in [-0.2, -0.15) is 0 Å². The SMILES string of the molecule is C[C@H](c1ccccc1)n1cncc1C(=O)[O-]. The lowest BCUT2D eigenvalue weighted by atomic mass is 10.1. The van der Waals surface area contributed by atoms with E-state index in [1.165, 1.54) is 12.5 Å². The largest absolute Gasteiger partial charge is 0.543 e. The highest BCUT2D eigenvalue weighted by Gasteiger charge is 2.11. The molecule has 0 bridgehead atoms. The third-order valence-electron chi connectivity index (χ3n) is 2.57. The van der Waals surface area contributed by atoms with Crippen molar-refractivity contribution >= 4 is 5.97 Å². The Labute approximate surface area is 93.2 Å². The number of carbonyl (C=O) groups is 1. The molecule has 0 amide bonds. The second-order valence-electron chi connectivity index (χ2n) is 3.56. The third kappa shape index (κ3) is 1.82. The fourth-order valence-corrected chi connectivity index (χ4v) is 1.66. The smallest absolute Gasteiger partial charge is 0.0956 e. The highest BCUT2D eigenvalue weighted by Crippen LogP contribution is 2.18. The number of benzene rings is 1. The number of hydrogen-bond donors (Lipinski definition) is 0. The quantitative estimate of drug-likeness (QED) is 0.762. The highest BCUT2D eigenvalue weighted by atomic mass is 16.4. The Morgan fingerprint density at radius 1 is 1.38 bits per heavy atom. The minimum atomic E-state index is -1.21. The first-order valence-electron chi connectivity index (χ1n) is 4.98. The molecule has 82 valence electrons. The second-order valence-corrected chi connectivity index (χ2v) is 3.56. The van der Waals surface area contributed by atoms with Gasteiger partial charge < -0.3 is 14.5 Å². The van der Waals surface area contributed by atoms with Crippen molar-refractivity contribution in [1.29, 1.82) is 0 Å². The van der Waals surface area contributed by atoms with Gasteiger partial charge in [-0.1, -0.05) is 30.3 Å². The topological polar surface area (TPSA) is 58.0 Å². The molecule has 0 radical (unpaired) electrons. The highest BCUT2D eigenvalue weighted by molar-refractivity contribution is 5.83. The third-order valence-corrected chi connectivity index (χ3v) is 2.57. The Morgan fingerprint density at radius 2 is 2.06 bits per heavy atom. The summed E-state index contributed by atoms with van der Waals surface area (Å²) in [6, 6.07) is 9.58. The molecule has 1 heterocycles. The second kappa shape index (κ2) is 4.18. The molecular formula is C12H11N2O2-. The molecule has 2 rings (SSSR count). The Bertz CT molecular complexity index is 491. The summed E-state index contributed by atoms with van der Waals surface area (Å²) >= 11 is 0. The van der Waals surface area contributed by atoms with Crippen molar-refractivity contribution in [3.8, 4) is 0 Å². The summed E-state index contributed by atoms with van der Waals surface area (Å²) in [4.78, 5) is 14.7.